The van der Waals surface area contributed by atoms with Crippen LogP contribution in [0, 0.1) is 0 Å². The van der Waals surface area contributed by atoms with E-state index in [1.54, 1.807) is 0 Å². The number of anilines is 8. The Bertz CT molecular complexity index is 2020. The molecule has 7 aromatic rings. The minimum absolute atomic E-state index is 0.410. The van der Waals surface area contributed by atoms with E-state index in [4.69, 9.17) is 0 Å². The van der Waals surface area contributed by atoms with Gasteiger partial charge in [0, 0.05) is 40.2 Å². The molecule has 0 heterocycles. The fraction of sp³-hybridized carbons (Fsp3) is 0. The number of hydrogen-bond donors (Lipinski definition) is 2. The van der Waals surface area contributed by atoms with E-state index in [-0.39, 0.29) is 0 Å². The maximum Gasteiger partial charge on any atom is 0.0684 e. The van der Waals surface area contributed by atoms with Crippen LogP contribution in [0.15, 0.2) is 194 Å². The lowest BCUT2D eigenvalue weighted by Gasteiger charge is -2.28. The first-order valence-electron chi connectivity index (χ1n) is 16.0. The minimum Gasteiger partial charge on any atom is -0.354 e. The van der Waals surface area contributed by atoms with Crippen LogP contribution in [0.25, 0.3) is 0 Å². The molecule has 2 atom stereocenters. The van der Waals surface area contributed by atoms with Crippen LogP contribution in [0.3, 0.4) is 0 Å². The zero-order chi connectivity index (χ0) is 32.4. The van der Waals surface area contributed by atoms with Crippen LogP contribution in [-0.4, -0.2) is 0 Å². The highest BCUT2D eigenvalue weighted by atomic mass is 31.1. The quantitative estimate of drug-likeness (QED) is 0.128. The molecule has 0 aromatic heterocycles. The van der Waals surface area contributed by atoms with E-state index < -0.39 is 0 Å². The van der Waals surface area contributed by atoms with Crippen molar-refractivity contribution in [1.29, 1.82) is 0 Å². The van der Waals surface area contributed by atoms with Gasteiger partial charge < -0.3 is 20.0 Å². The molecule has 0 aliphatic heterocycles. The molecule has 7 aromatic carbocycles. The molecule has 48 heavy (non-hydrogen) atoms. The van der Waals surface area contributed by atoms with Gasteiger partial charge in [-0.05, 0) is 83.4 Å². The number of para-hydroxylation sites is 6. The third-order valence-electron chi connectivity index (χ3n) is 7.79. The van der Waals surface area contributed by atoms with Crippen molar-refractivity contribution in [2.45, 2.75) is 0 Å². The molecule has 4 nitrogen and oxygen atoms in total. The average molecular weight is 659 g/mol. The fourth-order valence-corrected chi connectivity index (χ4v) is 7.85. The van der Waals surface area contributed by atoms with Gasteiger partial charge >= 0.3 is 0 Å². The first-order chi connectivity index (χ1) is 23.8. The van der Waals surface area contributed by atoms with Crippen LogP contribution < -0.4 is 30.6 Å². The standard InChI is InChI=1S/C42H36N4P2/c1-5-17-33(18-6-1)43-39-25-13-16-28-42(39)46(48-38-23-11-4-12-24-38)36-31-29-34(30-32-36)44-40-26-14-15-27-41(40)45(35-19-7-2-8-20-35)47-37-21-9-3-10-22-37/h1-32,43-44,47-48H. The van der Waals surface area contributed by atoms with Crippen LogP contribution in [0.5, 0.6) is 0 Å². The van der Waals surface area contributed by atoms with Gasteiger partial charge in [0.2, 0.25) is 0 Å². The van der Waals surface area contributed by atoms with Gasteiger partial charge in [0.15, 0.2) is 0 Å². The van der Waals surface area contributed by atoms with Crippen molar-refractivity contribution < 1.29 is 0 Å². The van der Waals surface area contributed by atoms with Gasteiger partial charge in [-0.3, -0.25) is 0 Å². The summed E-state index contributed by atoms with van der Waals surface area (Å²) < 4.78 is 4.79. The molecule has 0 spiro atoms. The molecular weight excluding hydrogens is 622 g/mol. The fourth-order valence-electron chi connectivity index (χ4n) is 5.46. The van der Waals surface area contributed by atoms with Gasteiger partial charge in [0.05, 0.1) is 22.7 Å². The topological polar surface area (TPSA) is 30.5 Å². The lowest BCUT2D eigenvalue weighted by atomic mass is 10.2. The van der Waals surface area contributed by atoms with Crippen molar-refractivity contribution in [2.75, 3.05) is 20.0 Å². The van der Waals surface area contributed by atoms with E-state index in [1.165, 1.54) is 10.6 Å². The molecule has 0 saturated carbocycles. The molecule has 6 heteroatoms. The van der Waals surface area contributed by atoms with Crippen LogP contribution in [0.4, 0.5) is 45.5 Å². The number of rotatable bonds is 12. The first-order valence-corrected chi connectivity index (χ1v) is 17.9. The summed E-state index contributed by atoms with van der Waals surface area (Å²) in [5.41, 5.74) is 8.73. The lowest BCUT2D eigenvalue weighted by molar-refractivity contribution is 1.39. The molecule has 0 bridgehead atoms. The summed E-state index contributed by atoms with van der Waals surface area (Å²) in [7, 11) is 0.851. The Morgan fingerprint density at radius 3 is 1.15 bits per heavy atom. The molecule has 0 radical (unpaired) electrons. The second-order valence-corrected chi connectivity index (χ2v) is 13.7. The maximum absolute atomic E-state index is 3.74. The van der Waals surface area contributed by atoms with Crippen molar-refractivity contribution in [3.63, 3.8) is 0 Å². The number of nitrogens with zero attached hydrogens (tertiary/aromatic N) is 2. The Labute approximate surface area is 286 Å². The number of nitrogens with one attached hydrogen (secondary N) is 2. The van der Waals surface area contributed by atoms with E-state index in [0.717, 1.165) is 45.5 Å². The highest BCUT2D eigenvalue weighted by Gasteiger charge is 2.17. The summed E-state index contributed by atoms with van der Waals surface area (Å²) in [4.78, 5) is 0. The Morgan fingerprint density at radius 1 is 0.312 bits per heavy atom. The van der Waals surface area contributed by atoms with Crippen molar-refractivity contribution in [3.8, 4) is 0 Å². The highest BCUT2D eigenvalue weighted by Crippen LogP contribution is 2.43. The summed E-state index contributed by atoms with van der Waals surface area (Å²) in [5, 5.41) is 9.94. The first kappa shape index (κ1) is 31.2. The third-order valence-corrected chi connectivity index (χ3v) is 10.4. The van der Waals surface area contributed by atoms with Gasteiger partial charge in [-0.25, -0.2) is 0 Å². The van der Waals surface area contributed by atoms with Crippen LogP contribution in [-0.2, 0) is 0 Å². The molecular formula is C42H36N4P2. The van der Waals surface area contributed by atoms with Crippen molar-refractivity contribution in [2.24, 2.45) is 0 Å². The largest absolute Gasteiger partial charge is 0.354 e. The molecule has 0 saturated heterocycles. The summed E-state index contributed by atoms with van der Waals surface area (Å²) in [5.74, 6) is 0. The Hall–Kier alpha value is -5.40. The van der Waals surface area contributed by atoms with Crippen LogP contribution in [0.1, 0.15) is 0 Å². The maximum atomic E-state index is 3.74. The highest BCUT2D eigenvalue weighted by molar-refractivity contribution is 7.49. The third kappa shape index (κ3) is 7.76. The van der Waals surface area contributed by atoms with Gasteiger partial charge in [-0.15, -0.1) is 0 Å². The smallest absolute Gasteiger partial charge is 0.0684 e. The van der Waals surface area contributed by atoms with E-state index in [1.807, 2.05) is 6.07 Å². The van der Waals surface area contributed by atoms with E-state index in [0.29, 0.717) is 17.5 Å². The Kier molecular flexibility index (Phi) is 10.1. The van der Waals surface area contributed by atoms with Crippen LogP contribution >= 0.6 is 17.5 Å². The average Bonchev–Trinajstić information content (AvgIpc) is 3.16. The summed E-state index contributed by atoms with van der Waals surface area (Å²) in [6.45, 7) is 0. The van der Waals surface area contributed by atoms with Crippen molar-refractivity contribution in [3.05, 3.63) is 194 Å². The molecule has 0 aliphatic rings. The summed E-state index contributed by atoms with van der Waals surface area (Å²) >= 11 is 0. The van der Waals surface area contributed by atoms with Gasteiger partial charge in [0.25, 0.3) is 0 Å². The Balaban J connectivity index is 1.20. The van der Waals surface area contributed by atoms with Crippen molar-refractivity contribution in [1.82, 2.24) is 0 Å². The van der Waals surface area contributed by atoms with E-state index >= 15 is 0 Å². The molecule has 0 aliphatic carbocycles. The molecule has 234 valence electrons. The van der Waals surface area contributed by atoms with Gasteiger partial charge in [0.1, 0.15) is 0 Å². The predicted molar refractivity (Wildman–Crippen MR) is 212 cm³/mol. The summed E-state index contributed by atoms with van der Waals surface area (Å²) in [6.07, 6.45) is 0. The van der Waals surface area contributed by atoms with Crippen molar-refractivity contribution >= 4 is 73.6 Å². The SMILES string of the molecule is c1ccc(Nc2ccccc2N(Pc2ccccc2)c2ccc(Nc3ccccc3N(Pc3ccccc3)c3ccccc3)cc2)cc1. The van der Waals surface area contributed by atoms with E-state index in [2.05, 4.69) is 208 Å². The van der Waals surface area contributed by atoms with E-state index in [9.17, 15) is 0 Å². The Morgan fingerprint density at radius 2 is 0.667 bits per heavy atom. The predicted octanol–water partition coefficient (Wildman–Crippen LogP) is 11.3. The summed E-state index contributed by atoms with van der Waals surface area (Å²) in [6, 6.07) is 68.1. The second kappa shape index (κ2) is 15.5. The van der Waals surface area contributed by atoms with Gasteiger partial charge in [-0.1, -0.05) is 121 Å². The van der Waals surface area contributed by atoms with Crippen LogP contribution in [0.2, 0.25) is 0 Å². The molecule has 7 rings (SSSR count). The zero-order valence-corrected chi connectivity index (χ0v) is 28.4. The number of hydrogen-bond acceptors (Lipinski definition) is 4. The minimum atomic E-state index is 0.410. The molecule has 0 amide bonds. The normalized spacial score (nSPS) is 11.2. The zero-order valence-electron chi connectivity index (χ0n) is 26.4. The molecule has 2 unspecified atom stereocenters. The van der Waals surface area contributed by atoms with Gasteiger partial charge in [-0.2, -0.15) is 0 Å². The monoisotopic (exact) mass is 658 g/mol. The molecule has 0 fully saturated rings. The molecule has 2 N–H and O–H groups in total. The number of benzene rings is 7. The second-order valence-electron chi connectivity index (χ2n) is 11.2. The lowest BCUT2D eigenvalue weighted by Crippen LogP contribution is -2.13.